The van der Waals surface area contributed by atoms with Crippen LogP contribution in [-0.4, -0.2) is 17.0 Å². The number of hydrogen-bond acceptors (Lipinski definition) is 5. The minimum atomic E-state index is -0.993. The second-order valence-corrected chi connectivity index (χ2v) is 9.38. The summed E-state index contributed by atoms with van der Waals surface area (Å²) in [4.78, 5) is 23.6. The highest BCUT2D eigenvalue weighted by Gasteiger charge is 2.20. The quantitative estimate of drug-likeness (QED) is 0.144. The van der Waals surface area contributed by atoms with Gasteiger partial charge < -0.3 is 14.6 Å². The molecule has 0 atom stereocenters. The van der Waals surface area contributed by atoms with Crippen LogP contribution in [0.2, 0.25) is 0 Å². The van der Waals surface area contributed by atoms with Gasteiger partial charge in [-0.1, -0.05) is 71.0 Å². The Morgan fingerprint density at radius 3 is 2.30 bits per heavy atom. The molecule has 192 valence electrons. The van der Waals surface area contributed by atoms with Gasteiger partial charge in [-0.3, -0.25) is 4.79 Å². The van der Waals surface area contributed by atoms with Gasteiger partial charge in [0.05, 0.1) is 4.88 Å². The van der Waals surface area contributed by atoms with Crippen LogP contribution in [0.4, 0.5) is 0 Å². The van der Waals surface area contributed by atoms with Crippen molar-refractivity contribution in [2.75, 3.05) is 0 Å². The van der Waals surface area contributed by atoms with Crippen LogP contribution in [0, 0.1) is 0 Å². The molecule has 4 aromatic rings. The van der Waals surface area contributed by atoms with Gasteiger partial charge in [-0.25, -0.2) is 4.79 Å². The van der Waals surface area contributed by atoms with Gasteiger partial charge in [0.2, 0.25) is 0 Å². The Bertz CT molecular complexity index is 1400. The molecular formula is C31H32O5S. The number of fused-ring (bicyclic) bond motifs is 1. The van der Waals surface area contributed by atoms with Crippen LogP contribution in [0.1, 0.15) is 58.1 Å². The number of carbonyl (C=O) groups excluding carboxylic acids is 1. The number of thiophene rings is 1. The molecule has 0 unspecified atom stereocenters. The predicted octanol–water partition coefficient (Wildman–Crippen LogP) is 8.92. The van der Waals surface area contributed by atoms with Gasteiger partial charge >= 0.3 is 11.9 Å². The molecule has 1 N–H and O–H groups in total. The van der Waals surface area contributed by atoms with Crippen LogP contribution in [0.15, 0.2) is 72.8 Å². The van der Waals surface area contributed by atoms with Gasteiger partial charge in [0.15, 0.2) is 5.75 Å². The molecule has 37 heavy (non-hydrogen) atoms. The van der Waals surface area contributed by atoms with Crippen molar-refractivity contribution in [1.82, 2.24) is 0 Å². The number of carbonyl (C=O) groups is 2. The number of carboxylic acid groups (broad SMARTS) is 1. The third kappa shape index (κ3) is 6.86. The Labute approximate surface area is 222 Å². The molecule has 0 aliphatic heterocycles. The smallest absolute Gasteiger partial charge is 0.328 e. The van der Waals surface area contributed by atoms with Gasteiger partial charge in [-0.15, -0.1) is 11.3 Å². The van der Waals surface area contributed by atoms with E-state index in [1.165, 1.54) is 11.6 Å². The SMILES string of the molecule is CC.CCC(=O)Oc1ccc2c(Oc3ccc(/C=C/C(=O)O)cc3)c(-c3ccccc3C(C)C)sc2c1. The molecule has 0 saturated carbocycles. The summed E-state index contributed by atoms with van der Waals surface area (Å²) in [5.41, 5.74) is 3.09. The van der Waals surface area contributed by atoms with E-state index in [2.05, 4.69) is 26.0 Å². The third-order valence-corrected chi connectivity index (χ3v) is 6.65. The molecule has 0 aliphatic carbocycles. The van der Waals surface area contributed by atoms with Gasteiger partial charge in [0, 0.05) is 22.6 Å². The van der Waals surface area contributed by atoms with Gasteiger partial charge in [-0.2, -0.15) is 0 Å². The van der Waals surface area contributed by atoms with Crippen molar-refractivity contribution in [2.45, 2.75) is 47.0 Å². The van der Waals surface area contributed by atoms with Gasteiger partial charge in [0.25, 0.3) is 0 Å². The standard InChI is InChI=1S/C29H26O5S.C2H6/c1-4-27(32)33-21-14-15-24-25(17-21)35-29(23-8-6-5-7-22(23)18(2)3)28(24)34-20-12-9-19(10-13-20)11-16-26(30)31;1-2/h5-18H,4H2,1-3H3,(H,30,31);1-2H3/b16-11+;. The van der Waals surface area contributed by atoms with Gasteiger partial charge in [-0.05, 0) is 59.0 Å². The number of benzene rings is 3. The molecule has 5 nitrogen and oxygen atoms in total. The van der Waals surface area contributed by atoms with Crippen molar-refractivity contribution >= 4 is 39.4 Å². The Morgan fingerprint density at radius 2 is 1.65 bits per heavy atom. The maximum Gasteiger partial charge on any atom is 0.328 e. The third-order valence-electron chi connectivity index (χ3n) is 5.48. The van der Waals surface area contributed by atoms with E-state index in [4.69, 9.17) is 14.6 Å². The van der Waals surface area contributed by atoms with Crippen molar-refractivity contribution < 1.29 is 24.2 Å². The van der Waals surface area contributed by atoms with Crippen LogP contribution >= 0.6 is 11.3 Å². The maximum atomic E-state index is 11.8. The normalized spacial score (nSPS) is 10.9. The second kappa shape index (κ2) is 12.9. The average molecular weight is 517 g/mol. The fourth-order valence-corrected chi connectivity index (χ4v) is 4.94. The maximum absolute atomic E-state index is 11.8. The minimum Gasteiger partial charge on any atom is -0.478 e. The molecule has 0 aliphatic rings. The molecule has 0 saturated heterocycles. The minimum absolute atomic E-state index is 0.278. The van der Waals surface area contributed by atoms with E-state index < -0.39 is 5.97 Å². The van der Waals surface area contributed by atoms with E-state index >= 15 is 0 Å². The van der Waals surface area contributed by atoms with Crippen LogP contribution in [-0.2, 0) is 9.59 Å². The molecule has 3 aromatic carbocycles. The summed E-state index contributed by atoms with van der Waals surface area (Å²) in [5.74, 6) is 0.940. The molecule has 6 heteroatoms. The summed E-state index contributed by atoms with van der Waals surface area (Å²) in [6, 6.07) is 21.1. The Balaban J connectivity index is 0.00000186. The number of aliphatic carboxylic acids is 1. The van der Waals surface area contributed by atoms with E-state index in [9.17, 15) is 9.59 Å². The lowest BCUT2D eigenvalue weighted by molar-refractivity contribution is -0.134. The number of hydrogen-bond donors (Lipinski definition) is 1. The summed E-state index contributed by atoms with van der Waals surface area (Å²) in [5, 5.41) is 9.77. The van der Waals surface area contributed by atoms with E-state index in [0.717, 1.165) is 37.9 Å². The van der Waals surface area contributed by atoms with Crippen molar-refractivity contribution in [2.24, 2.45) is 0 Å². The first-order valence-electron chi connectivity index (χ1n) is 12.4. The largest absolute Gasteiger partial charge is 0.478 e. The molecule has 0 amide bonds. The Hall–Kier alpha value is -3.90. The van der Waals surface area contributed by atoms with Crippen molar-refractivity contribution in [3.05, 3.63) is 83.9 Å². The highest BCUT2D eigenvalue weighted by atomic mass is 32.1. The molecule has 0 spiro atoms. The summed E-state index contributed by atoms with van der Waals surface area (Å²) < 4.78 is 12.8. The van der Waals surface area contributed by atoms with E-state index in [-0.39, 0.29) is 5.97 Å². The molecule has 4 rings (SSSR count). The Morgan fingerprint density at radius 1 is 0.973 bits per heavy atom. The van der Waals surface area contributed by atoms with Crippen molar-refractivity contribution in [3.8, 4) is 27.7 Å². The zero-order valence-corrected chi connectivity index (χ0v) is 22.6. The van der Waals surface area contributed by atoms with Crippen LogP contribution < -0.4 is 9.47 Å². The van der Waals surface area contributed by atoms with E-state index in [0.29, 0.717) is 23.8 Å². The molecule has 1 aromatic heterocycles. The second-order valence-electron chi connectivity index (χ2n) is 8.33. The van der Waals surface area contributed by atoms with Crippen molar-refractivity contribution in [3.63, 3.8) is 0 Å². The fraction of sp³-hybridized carbons (Fsp3) is 0.226. The molecule has 0 bridgehead atoms. The highest BCUT2D eigenvalue weighted by molar-refractivity contribution is 7.22. The lowest BCUT2D eigenvalue weighted by Crippen LogP contribution is -2.04. The highest BCUT2D eigenvalue weighted by Crippen LogP contribution is 2.48. The number of ether oxygens (including phenoxy) is 2. The zero-order valence-electron chi connectivity index (χ0n) is 21.8. The number of esters is 1. The van der Waals surface area contributed by atoms with Crippen molar-refractivity contribution in [1.29, 1.82) is 0 Å². The van der Waals surface area contributed by atoms with Crippen LogP contribution in [0.5, 0.6) is 17.2 Å². The molecule has 0 fully saturated rings. The predicted molar refractivity (Wildman–Crippen MR) is 152 cm³/mol. The molecular weight excluding hydrogens is 484 g/mol. The topological polar surface area (TPSA) is 72.8 Å². The summed E-state index contributed by atoms with van der Waals surface area (Å²) >= 11 is 1.60. The lowest BCUT2D eigenvalue weighted by atomic mass is 9.96. The Kier molecular flexibility index (Phi) is 9.64. The summed E-state index contributed by atoms with van der Waals surface area (Å²) in [6.45, 7) is 10.1. The first-order valence-corrected chi connectivity index (χ1v) is 13.2. The average Bonchev–Trinajstić information content (AvgIpc) is 3.26. The van der Waals surface area contributed by atoms with E-state index in [1.807, 2.05) is 62.4 Å². The monoisotopic (exact) mass is 516 g/mol. The van der Waals surface area contributed by atoms with Gasteiger partial charge in [0.1, 0.15) is 11.5 Å². The first kappa shape index (κ1) is 27.7. The number of rotatable bonds is 8. The molecule has 1 heterocycles. The summed E-state index contributed by atoms with van der Waals surface area (Å²) in [6.07, 6.45) is 2.95. The summed E-state index contributed by atoms with van der Waals surface area (Å²) in [7, 11) is 0. The van der Waals surface area contributed by atoms with E-state index in [1.54, 1.807) is 24.3 Å². The zero-order chi connectivity index (χ0) is 26.9. The van der Waals surface area contributed by atoms with Crippen LogP contribution in [0.3, 0.4) is 0 Å². The fourth-order valence-electron chi connectivity index (χ4n) is 3.74. The van der Waals surface area contributed by atoms with Crippen LogP contribution in [0.25, 0.3) is 26.6 Å². The number of carboxylic acids is 1. The first-order chi connectivity index (χ1) is 17.9. The lowest BCUT2D eigenvalue weighted by Gasteiger charge is -2.14. The molecule has 0 radical (unpaired) electrons.